The lowest BCUT2D eigenvalue weighted by Gasteiger charge is -2.10. The second kappa shape index (κ2) is 4.52. The molecule has 0 aliphatic rings. The van der Waals surface area contributed by atoms with Crippen molar-refractivity contribution in [2.45, 2.75) is 33.6 Å². The summed E-state index contributed by atoms with van der Waals surface area (Å²) in [6.07, 6.45) is 8.18. The van der Waals surface area contributed by atoms with Crippen molar-refractivity contribution in [2.75, 3.05) is 0 Å². The molecule has 0 saturated carbocycles. The lowest BCUT2D eigenvalue weighted by atomic mass is 9.99. The maximum atomic E-state index is 3.11. The third-order valence-electron chi connectivity index (χ3n) is 2.98. The lowest BCUT2D eigenvalue weighted by molar-refractivity contribution is -0.595. The first kappa shape index (κ1) is 10.9. The molecule has 1 heterocycles. The Labute approximate surface area is 97.0 Å². The van der Waals surface area contributed by atoms with Crippen molar-refractivity contribution in [1.82, 2.24) is 4.98 Å². The van der Waals surface area contributed by atoms with E-state index in [0.29, 0.717) is 0 Å². The van der Waals surface area contributed by atoms with Crippen LogP contribution in [0.4, 0.5) is 0 Å². The maximum Gasteiger partial charge on any atom is 0.246 e. The standard InChI is InChI=1S/C14H18N2/c1-4-12-8-11(3)9-13(5-2)14(12)16-7-6-15-10-16/h6-10H,4-5H2,1-3H3/p+1. The minimum Gasteiger partial charge on any atom is -0.250 e. The number of aromatic nitrogens is 2. The second-order valence-corrected chi connectivity index (χ2v) is 4.16. The number of H-pyrrole nitrogens is 1. The molecule has 0 bridgehead atoms. The van der Waals surface area contributed by atoms with E-state index in [2.05, 4.69) is 48.7 Å². The second-order valence-electron chi connectivity index (χ2n) is 4.16. The van der Waals surface area contributed by atoms with Gasteiger partial charge in [-0.05, 0) is 30.9 Å². The molecule has 0 amide bonds. The third-order valence-corrected chi connectivity index (χ3v) is 2.98. The van der Waals surface area contributed by atoms with E-state index in [-0.39, 0.29) is 0 Å². The van der Waals surface area contributed by atoms with Crippen LogP contribution in [-0.2, 0) is 12.8 Å². The number of hydrogen-bond acceptors (Lipinski definition) is 0. The molecule has 0 atom stereocenters. The molecule has 2 aromatic rings. The van der Waals surface area contributed by atoms with Crippen molar-refractivity contribution in [3.8, 4) is 5.69 Å². The van der Waals surface area contributed by atoms with E-state index in [9.17, 15) is 0 Å². The predicted molar refractivity (Wildman–Crippen MR) is 65.8 cm³/mol. The Kier molecular flexibility index (Phi) is 3.09. The summed E-state index contributed by atoms with van der Waals surface area (Å²) in [5, 5.41) is 0. The fraction of sp³-hybridized carbons (Fsp3) is 0.357. The van der Waals surface area contributed by atoms with Crippen LogP contribution < -0.4 is 4.57 Å². The zero-order valence-corrected chi connectivity index (χ0v) is 10.2. The molecule has 1 N–H and O–H groups in total. The number of rotatable bonds is 3. The summed E-state index contributed by atoms with van der Waals surface area (Å²) < 4.78 is 2.18. The van der Waals surface area contributed by atoms with Crippen molar-refractivity contribution in [3.05, 3.63) is 47.5 Å². The van der Waals surface area contributed by atoms with Gasteiger partial charge in [-0.3, -0.25) is 0 Å². The van der Waals surface area contributed by atoms with Gasteiger partial charge in [-0.1, -0.05) is 31.5 Å². The molecule has 1 aromatic heterocycles. The number of hydrogen-bond donors (Lipinski definition) is 1. The Morgan fingerprint density at radius 3 is 2.19 bits per heavy atom. The molecule has 0 fully saturated rings. The first-order valence-electron chi connectivity index (χ1n) is 5.93. The van der Waals surface area contributed by atoms with Gasteiger partial charge in [0.05, 0.1) is 0 Å². The van der Waals surface area contributed by atoms with E-state index < -0.39 is 0 Å². The zero-order valence-electron chi connectivity index (χ0n) is 10.2. The van der Waals surface area contributed by atoms with Gasteiger partial charge in [0.15, 0.2) is 0 Å². The first-order valence-corrected chi connectivity index (χ1v) is 5.93. The molecule has 2 rings (SSSR count). The van der Waals surface area contributed by atoms with E-state index in [1.54, 1.807) is 0 Å². The maximum absolute atomic E-state index is 3.11. The van der Waals surface area contributed by atoms with Crippen LogP contribution >= 0.6 is 0 Å². The van der Waals surface area contributed by atoms with Crippen LogP contribution in [-0.4, -0.2) is 4.98 Å². The summed E-state index contributed by atoms with van der Waals surface area (Å²) in [5.74, 6) is 0. The number of aromatic amines is 1. The minimum atomic E-state index is 1.07. The van der Waals surface area contributed by atoms with E-state index >= 15 is 0 Å². The van der Waals surface area contributed by atoms with Crippen LogP contribution in [0.2, 0.25) is 0 Å². The molecule has 2 nitrogen and oxygen atoms in total. The summed E-state index contributed by atoms with van der Waals surface area (Å²) in [6.45, 7) is 6.60. The number of aryl methyl sites for hydroxylation is 3. The first-order chi connectivity index (χ1) is 7.76. The molecule has 0 aliphatic heterocycles. The van der Waals surface area contributed by atoms with Gasteiger partial charge >= 0.3 is 0 Å². The lowest BCUT2D eigenvalue weighted by Crippen LogP contribution is -2.30. The number of imidazole rings is 1. The smallest absolute Gasteiger partial charge is 0.246 e. The number of nitrogens with one attached hydrogen (secondary N) is 1. The average molecular weight is 215 g/mol. The summed E-state index contributed by atoms with van der Waals surface area (Å²) >= 11 is 0. The zero-order chi connectivity index (χ0) is 11.5. The molecular weight excluding hydrogens is 196 g/mol. The Morgan fingerprint density at radius 2 is 1.75 bits per heavy atom. The van der Waals surface area contributed by atoms with Gasteiger partial charge in [0.2, 0.25) is 6.33 Å². The minimum absolute atomic E-state index is 1.07. The van der Waals surface area contributed by atoms with Crippen molar-refractivity contribution in [1.29, 1.82) is 0 Å². The predicted octanol–water partition coefficient (Wildman–Crippen LogP) is 2.72. The van der Waals surface area contributed by atoms with Crippen LogP contribution in [0.3, 0.4) is 0 Å². The van der Waals surface area contributed by atoms with Crippen molar-refractivity contribution in [2.24, 2.45) is 0 Å². The molecule has 0 aliphatic carbocycles. The Hall–Kier alpha value is -1.57. The van der Waals surface area contributed by atoms with Gasteiger partial charge < -0.3 is 0 Å². The summed E-state index contributed by atoms with van der Waals surface area (Å²) in [6, 6.07) is 4.57. The third kappa shape index (κ3) is 1.87. The Bertz CT molecular complexity index is 444. The van der Waals surface area contributed by atoms with Gasteiger partial charge in [0.25, 0.3) is 0 Å². The molecule has 0 radical (unpaired) electrons. The highest BCUT2D eigenvalue weighted by Gasteiger charge is 2.13. The van der Waals surface area contributed by atoms with Crippen LogP contribution in [0.5, 0.6) is 0 Å². The van der Waals surface area contributed by atoms with E-state index in [1.807, 2.05) is 12.5 Å². The average Bonchev–Trinajstić information content (AvgIpc) is 2.80. The fourth-order valence-corrected chi connectivity index (χ4v) is 2.23. The van der Waals surface area contributed by atoms with E-state index in [4.69, 9.17) is 0 Å². The quantitative estimate of drug-likeness (QED) is 0.760. The Balaban J connectivity index is 2.65. The highest BCUT2D eigenvalue weighted by Crippen LogP contribution is 2.19. The molecule has 2 heteroatoms. The number of benzene rings is 1. The highest BCUT2D eigenvalue weighted by molar-refractivity contribution is 5.44. The molecule has 84 valence electrons. The summed E-state index contributed by atoms with van der Waals surface area (Å²) in [5.41, 5.74) is 5.54. The normalized spacial score (nSPS) is 10.7. The van der Waals surface area contributed by atoms with Crippen LogP contribution in [0, 0.1) is 6.92 Å². The van der Waals surface area contributed by atoms with Gasteiger partial charge in [-0.25, -0.2) is 9.55 Å². The molecule has 1 aromatic carbocycles. The SMILES string of the molecule is CCc1cc(C)cc(CC)c1-[n+]1cc[nH]c1. The van der Waals surface area contributed by atoms with Gasteiger partial charge in [0.1, 0.15) is 18.1 Å². The molecular formula is C14H19N2+. The largest absolute Gasteiger partial charge is 0.250 e. The summed E-state index contributed by atoms with van der Waals surface area (Å²) in [4.78, 5) is 3.11. The highest BCUT2D eigenvalue weighted by atomic mass is 15.0. The van der Waals surface area contributed by atoms with Crippen LogP contribution in [0.15, 0.2) is 30.9 Å². The van der Waals surface area contributed by atoms with Crippen molar-refractivity contribution >= 4 is 0 Å². The van der Waals surface area contributed by atoms with Crippen LogP contribution in [0.1, 0.15) is 30.5 Å². The van der Waals surface area contributed by atoms with Gasteiger partial charge in [-0.2, -0.15) is 0 Å². The topological polar surface area (TPSA) is 19.7 Å². The molecule has 0 spiro atoms. The molecule has 16 heavy (non-hydrogen) atoms. The van der Waals surface area contributed by atoms with Gasteiger partial charge in [0, 0.05) is 0 Å². The molecule has 0 saturated heterocycles. The van der Waals surface area contributed by atoms with E-state index in [1.165, 1.54) is 22.4 Å². The Morgan fingerprint density at radius 1 is 1.12 bits per heavy atom. The van der Waals surface area contributed by atoms with Crippen molar-refractivity contribution in [3.63, 3.8) is 0 Å². The van der Waals surface area contributed by atoms with Crippen LogP contribution in [0.25, 0.3) is 5.69 Å². The number of nitrogens with zero attached hydrogens (tertiary/aromatic N) is 1. The van der Waals surface area contributed by atoms with Gasteiger partial charge in [-0.15, -0.1) is 0 Å². The molecule has 0 unspecified atom stereocenters. The summed E-state index contributed by atoms with van der Waals surface area (Å²) in [7, 11) is 0. The monoisotopic (exact) mass is 215 g/mol. The van der Waals surface area contributed by atoms with E-state index in [0.717, 1.165) is 12.8 Å². The van der Waals surface area contributed by atoms with Crippen molar-refractivity contribution < 1.29 is 4.57 Å². The fourth-order valence-electron chi connectivity index (χ4n) is 2.23.